The molecule has 100 valence electrons. The predicted octanol–water partition coefficient (Wildman–Crippen LogP) is 1.42. The van der Waals surface area contributed by atoms with Crippen LogP contribution in [-0.4, -0.2) is 48.3 Å². The molecule has 4 heteroatoms. The van der Waals surface area contributed by atoms with E-state index < -0.39 is 5.60 Å². The minimum absolute atomic E-state index is 0.248. The molecule has 1 rings (SSSR count). The number of rotatable bonds is 4. The van der Waals surface area contributed by atoms with Gasteiger partial charge in [-0.05, 0) is 46.2 Å². The van der Waals surface area contributed by atoms with Gasteiger partial charge in [0.2, 0.25) is 0 Å². The maximum Gasteiger partial charge on any atom is 0.311 e. The highest BCUT2D eigenvalue weighted by molar-refractivity contribution is 5.73. The van der Waals surface area contributed by atoms with Crippen LogP contribution in [0.3, 0.4) is 0 Å². The molecule has 1 heterocycles. The zero-order valence-electron chi connectivity index (χ0n) is 11.2. The van der Waals surface area contributed by atoms with E-state index in [1.165, 1.54) is 0 Å². The smallest absolute Gasteiger partial charge is 0.311 e. The molecule has 0 amide bonds. The van der Waals surface area contributed by atoms with Crippen molar-refractivity contribution in [2.45, 2.75) is 45.1 Å². The van der Waals surface area contributed by atoms with E-state index in [0.717, 1.165) is 19.5 Å². The van der Waals surface area contributed by atoms with Gasteiger partial charge in [-0.2, -0.15) is 0 Å². The van der Waals surface area contributed by atoms with Crippen molar-refractivity contribution in [1.82, 2.24) is 4.90 Å². The van der Waals surface area contributed by atoms with Crippen LogP contribution in [0.25, 0.3) is 0 Å². The summed E-state index contributed by atoms with van der Waals surface area (Å²) in [6, 6.07) is 0. The van der Waals surface area contributed by atoms with Crippen molar-refractivity contribution in [3.63, 3.8) is 0 Å². The van der Waals surface area contributed by atoms with Gasteiger partial charge in [-0.3, -0.25) is 4.79 Å². The highest BCUT2D eigenvalue weighted by Gasteiger charge is 2.41. The van der Waals surface area contributed by atoms with Crippen molar-refractivity contribution in [1.29, 1.82) is 0 Å². The zero-order chi connectivity index (χ0) is 12.9. The summed E-state index contributed by atoms with van der Waals surface area (Å²) in [4.78, 5) is 14.1. The first-order chi connectivity index (χ1) is 8.03. The molecule has 0 radical (unpaired) electrons. The second-order valence-electron chi connectivity index (χ2n) is 4.97. The maximum atomic E-state index is 11.9. The molecule has 0 aromatic heterocycles. The first kappa shape index (κ1) is 14.5. The van der Waals surface area contributed by atoms with Crippen molar-refractivity contribution in [3.05, 3.63) is 0 Å². The lowest BCUT2D eigenvalue weighted by Crippen LogP contribution is -2.43. The number of carbonyl (C=O) groups is 1. The van der Waals surface area contributed by atoms with E-state index in [9.17, 15) is 9.90 Å². The molecule has 2 unspecified atom stereocenters. The zero-order valence-corrected chi connectivity index (χ0v) is 11.2. The largest absolute Gasteiger partial charge is 0.466 e. The molecule has 1 N–H and O–H groups in total. The van der Waals surface area contributed by atoms with Gasteiger partial charge in [0.05, 0.1) is 18.1 Å². The Morgan fingerprint density at radius 1 is 1.41 bits per heavy atom. The predicted molar refractivity (Wildman–Crippen MR) is 66.7 cm³/mol. The Balaban J connectivity index is 2.74. The van der Waals surface area contributed by atoms with Crippen LogP contribution in [0.1, 0.15) is 39.5 Å². The molecule has 0 aliphatic carbocycles. The average molecular weight is 243 g/mol. The molecule has 1 aliphatic rings. The Labute approximate surface area is 104 Å². The third-order valence-corrected chi connectivity index (χ3v) is 3.70. The summed E-state index contributed by atoms with van der Waals surface area (Å²) in [7, 11) is 2.05. The fourth-order valence-electron chi connectivity index (χ4n) is 2.63. The summed E-state index contributed by atoms with van der Waals surface area (Å²) in [5.41, 5.74) is -0.883. The summed E-state index contributed by atoms with van der Waals surface area (Å²) < 4.78 is 5.07. The second-order valence-corrected chi connectivity index (χ2v) is 4.97. The molecule has 0 aromatic rings. The van der Waals surface area contributed by atoms with E-state index in [1.54, 1.807) is 6.92 Å². The van der Waals surface area contributed by atoms with Gasteiger partial charge in [0.1, 0.15) is 0 Å². The van der Waals surface area contributed by atoms with Gasteiger partial charge in [0.15, 0.2) is 0 Å². The Kier molecular flexibility index (Phi) is 5.40. The van der Waals surface area contributed by atoms with Gasteiger partial charge in [-0.15, -0.1) is 0 Å². The summed E-state index contributed by atoms with van der Waals surface area (Å²) in [6.07, 6.45) is 2.91. The number of likely N-dealkylation sites (tertiary alicyclic amines) is 1. The average Bonchev–Trinajstić information content (AvgIpc) is 2.43. The lowest BCUT2D eigenvalue weighted by Gasteiger charge is -2.33. The highest BCUT2D eigenvalue weighted by atomic mass is 16.5. The molecule has 2 atom stereocenters. The van der Waals surface area contributed by atoms with Gasteiger partial charge >= 0.3 is 5.97 Å². The molecule has 0 spiro atoms. The molecule has 1 aliphatic heterocycles. The Bertz CT molecular complexity index is 257. The molecular weight excluding hydrogens is 218 g/mol. The van der Waals surface area contributed by atoms with Crippen LogP contribution in [0.15, 0.2) is 0 Å². The van der Waals surface area contributed by atoms with E-state index in [2.05, 4.69) is 11.9 Å². The van der Waals surface area contributed by atoms with E-state index >= 15 is 0 Å². The van der Waals surface area contributed by atoms with Crippen LogP contribution in [0.4, 0.5) is 0 Å². The summed E-state index contributed by atoms with van der Waals surface area (Å²) in [5.74, 6) is -0.629. The highest BCUT2D eigenvalue weighted by Crippen LogP contribution is 2.32. The number of aliphatic hydroxyl groups is 1. The SMILES string of the molecule is CCOC(=O)C(CC)C1(O)CCCN(C)CC1. The number of ether oxygens (including phenoxy) is 1. The number of carbonyl (C=O) groups excluding carboxylic acids is 1. The topological polar surface area (TPSA) is 49.8 Å². The molecule has 0 aromatic carbocycles. The first-order valence-electron chi connectivity index (χ1n) is 6.61. The quantitative estimate of drug-likeness (QED) is 0.759. The number of nitrogens with zero attached hydrogens (tertiary/aromatic N) is 1. The fraction of sp³-hybridized carbons (Fsp3) is 0.923. The van der Waals surface area contributed by atoms with Crippen LogP contribution in [0.2, 0.25) is 0 Å². The number of hydrogen-bond acceptors (Lipinski definition) is 4. The molecule has 0 bridgehead atoms. The lowest BCUT2D eigenvalue weighted by atomic mass is 9.80. The Hall–Kier alpha value is -0.610. The number of hydrogen-bond donors (Lipinski definition) is 1. The third-order valence-electron chi connectivity index (χ3n) is 3.70. The molecule has 1 fully saturated rings. The van der Waals surface area contributed by atoms with Gasteiger partial charge in [0.25, 0.3) is 0 Å². The van der Waals surface area contributed by atoms with Crippen LogP contribution < -0.4 is 0 Å². The normalized spacial score (nSPS) is 28.5. The monoisotopic (exact) mass is 243 g/mol. The van der Waals surface area contributed by atoms with Gasteiger partial charge < -0.3 is 14.7 Å². The Morgan fingerprint density at radius 2 is 2.12 bits per heavy atom. The van der Waals surface area contributed by atoms with E-state index in [4.69, 9.17) is 4.74 Å². The van der Waals surface area contributed by atoms with E-state index in [0.29, 0.717) is 25.9 Å². The Morgan fingerprint density at radius 3 is 2.71 bits per heavy atom. The van der Waals surface area contributed by atoms with Crippen molar-refractivity contribution in [2.24, 2.45) is 5.92 Å². The van der Waals surface area contributed by atoms with Crippen LogP contribution in [0.5, 0.6) is 0 Å². The van der Waals surface area contributed by atoms with Gasteiger partial charge in [-0.25, -0.2) is 0 Å². The lowest BCUT2D eigenvalue weighted by molar-refractivity contribution is -0.159. The maximum absolute atomic E-state index is 11.9. The minimum Gasteiger partial charge on any atom is -0.466 e. The standard InChI is InChI=1S/C13H25NO3/c1-4-11(12(15)17-5-2)13(16)7-6-9-14(3)10-8-13/h11,16H,4-10H2,1-3H3. The van der Waals surface area contributed by atoms with Gasteiger partial charge in [0, 0.05) is 6.54 Å². The summed E-state index contributed by atoms with van der Waals surface area (Å²) in [6.45, 7) is 5.95. The minimum atomic E-state index is -0.883. The van der Waals surface area contributed by atoms with Crippen LogP contribution in [-0.2, 0) is 9.53 Å². The van der Waals surface area contributed by atoms with Crippen molar-refractivity contribution >= 4 is 5.97 Å². The molecule has 1 saturated heterocycles. The summed E-state index contributed by atoms with van der Waals surface area (Å²) >= 11 is 0. The molecule has 17 heavy (non-hydrogen) atoms. The van der Waals surface area contributed by atoms with Gasteiger partial charge in [-0.1, -0.05) is 6.92 Å². The first-order valence-corrected chi connectivity index (χ1v) is 6.61. The third kappa shape index (κ3) is 3.68. The van der Waals surface area contributed by atoms with Crippen molar-refractivity contribution < 1.29 is 14.6 Å². The van der Waals surface area contributed by atoms with Crippen LogP contribution >= 0.6 is 0 Å². The van der Waals surface area contributed by atoms with E-state index in [-0.39, 0.29) is 11.9 Å². The van der Waals surface area contributed by atoms with E-state index in [1.807, 2.05) is 6.92 Å². The molecular formula is C13H25NO3. The summed E-state index contributed by atoms with van der Waals surface area (Å²) in [5, 5.41) is 10.7. The second kappa shape index (κ2) is 6.36. The molecule has 0 saturated carbocycles. The van der Waals surface area contributed by atoms with Crippen molar-refractivity contribution in [3.8, 4) is 0 Å². The number of esters is 1. The molecule has 4 nitrogen and oxygen atoms in total. The van der Waals surface area contributed by atoms with Crippen molar-refractivity contribution in [2.75, 3.05) is 26.7 Å². The fourth-order valence-corrected chi connectivity index (χ4v) is 2.63. The van der Waals surface area contributed by atoms with Crippen LogP contribution in [0, 0.1) is 5.92 Å².